The lowest BCUT2D eigenvalue weighted by molar-refractivity contribution is -0.140. The summed E-state index contributed by atoms with van der Waals surface area (Å²) >= 11 is 0. The van der Waals surface area contributed by atoms with Crippen molar-refractivity contribution in [1.29, 1.82) is 0 Å². The van der Waals surface area contributed by atoms with Crippen LogP contribution >= 0.6 is 7.37 Å². The SMILES string of the molecule is O=C(O)CC(CC(=O)O)CP(=O)(O)C1CCCCC1. The third kappa shape index (κ3) is 5.74. The monoisotopic (exact) mass is 292 g/mol. The summed E-state index contributed by atoms with van der Waals surface area (Å²) in [7, 11) is -3.46. The first kappa shape index (κ1) is 16.2. The van der Waals surface area contributed by atoms with Crippen molar-refractivity contribution in [2.24, 2.45) is 5.92 Å². The van der Waals surface area contributed by atoms with Crippen LogP contribution in [0.1, 0.15) is 44.9 Å². The van der Waals surface area contributed by atoms with Gasteiger partial charge in [-0.1, -0.05) is 19.3 Å². The van der Waals surface area contributed by atoms with Crippen molar-refractivity contribution in [3.05, 3.63) is 0 Å². The van der Waals surface area contributed by atoms with Gasteiger partial charge in [0, 0.05) is 24.7 Å². The van der Waals surface area contributed by atoms with E-state index >= 15 is 0 Å². The van der Waals surface area contributed by atoms with Gasteiger partial charge in [0.15, 0.2) is 0 Å². The summed E-state index contributed by atoms with van der Waals surface area (Å²) in [6.45, 7) is 0. The van der Waals surface area contributed by atoms with E-state index < -0.39 is 25.2 Å². The van der Waals surface area contributed by atoms with Crippen LogP contribution in [-0.2, 0) is 14.2 Å². The Morgan fingerprint density at radius 3 is 1.95 bits per heavy atom. The molecule has 3 N–H and O–H groups in total. The lowest BCUT2D eigenvalue weighted by Gasteiger charge is -2.28. The fraction of sp³-hybridized carbons (Fsp3) is 0.833. The van der Waals surface area contributed by atoms with Crippen molar-refractivity contribution < 1.29 is 29.3 Å². The third-order valence-corrected chi connectivity index (χ3v) is 6.29. The van der Waals surface area contributed by atoms with Crippen LogP contribution in [0.5, 0.6) is 0 Å². The molecule has 1 rings (SSSR count). The molecular weight excluding hydrogens is 271 g/mol. The van der Waals surface area contributed by atoms with E-state index in [2.05, 4.69) is 0 Å². The van der Waals surface area contributed by atoms with Gasteiger partial charge in [0.25, 0.3) is 0 Å². The second-order valence-corrected chi connectivity index (χ2v) is 7.90. The molecule has 1 fully saturated rings. The van der Waals surface area contributed by atoms with Gasteiger partial charge in [-0.3, -0.25) is 14.2 Å². The predicted molar refractivity (Wildman–Crippen MR) is 69.6 cm³/mol. The van der Waals surface area contributed by atoms with Crippen molar-refractivity contribution in [3.63, 3.8) is 0 Å². The van der Waals surface area contributed by atoms with Crippen LogP contribution in [0.15, 0.2) is 0 Å². The molecule has 1 aliphatic rings. The highest BCUT2D eigenvalue weighted by Crippen LogP contribution is 2.53. The van der Waals surface area contributed by atoms with Crippen LogP contribution < -0.4 is 0 Å². The first-order valence-electron chi connectivity index (χ1n) is 6.56. The zero-order valence-electron chi connectivity index (χ0n) is 10.8. The minimum Gasteiger partial charge on any atom is -0.481 e. The number of hydrogen-bond acceptors (Lipinski definition) is 3. The summed E-state index contributed by atoms with van der Waals surface area (Å²) < 4.78 is 12.3. The van der Waals surface area contributed by atoms with Gasteiger partial charge in [0.2, 0.25) is 7.37 Å². The summed E-state index contributed by atoms with van der Waals surface area (Å²) in [4.78, 5) is 31.5. The van der Waals surface area contributed by atoms with Gasteiger partial charge >= 0.3 is 11.9 Å². The minimum absolute atomic E-state index is 0.198. The van der Waals surface area contributed by atoms with Gasteiger partial charge in [0.05, 0.1) is 0 Å². The van der Waals surface area contributed by atoms with Gasteiger partial charge < -0.3 is 15.1 Å². The summed E-state index contributed by atoms with van der Waals surface area (Å²) in [5.41, 5.74) is -0.286. The molecule has 0 bridgehead atoms. The Bertz CT molecular complexity index is 358. The Hall–Kier alpha value is -0.870. The topological polar surface area (TPSA) is 112 Å². The summed E-state index contributed by atoms with van der Waals surface area (Å²) in [5, 5.41) is 17.5. The molecule has 0 aliphatic heterocycles. The molecule has 1 saturated carbocycles. The Labute approximate surface area is 112 Å². The molecule has 0 heterocycles. The molecule has 6 nitrogen and oxygen atoms in total. The maximum atomic E-state index is 12.3. The van der Waals surface area contributed by atoms with Gasteiger partial charge in [-0.2, -0.15) is 0 Å². The summed E-state index contributed by atoms with van der Waals surface area (Å²) in [6.07, 6.45) is 3.31. The lowest BCUT2D eigenvalue weighted by atomic mass is 10.0. The van der Waals surface area contributed by atoms with Crippen molar-refractivity contribution in [2.45, 2.75) is 50.6 Å². The number of carbonyl (C=O) groups is 2. The highest BCUT2D eigenvalue weighted by molar-refractivity contribution is 7.58. The number of hydrogen-bond donors (Lipinski definition) is 3. The lowest BCUT2D eigenvalue weighted by Crippen LogP contribution is -2.21. The first-order chi connectivity index (χ1) is 8.81. The Morgan fingerprint density at radius 2 is 1.53 bits per heavy atom. The summed E-state index contributed by atoms with van der Waals surface area (Å²) in [6, 6.07) is 0. The van der Waals surface area contributed by atoms with Crippen LogP contribution in [-0.4, -0.2) is 38.9 Å². The molecule has 0 aromatic carbocycles. The van der Waals surface area contributed by atoms with Crippen molar-refractivity contribution in [2.75, 3.05) is 6.16 Å². The predicted octanol–water partition coefficient (Wildman–Crippen LogP) is 2.16. The number of carboxylic acids is 2. The van der Waals surface area contributed by atoms with E-state index in [1.165, 1.54) is 0 Å². The number of rotatable bonds is 7. The normalized spacial score (nSPS) is 20.1. The Morgan fingerprint density at radius 1 is 1.05 bits per heavy atom. The molecular formula is C12H21O6P. The maximum absolute atomic E-state index is 12.3. The van der Waals surface area contributed by atoms with E-state index in [-0.39, 0.29) is 24.7 Å². The van der Waals surface area contributed by atoms with E-state index in [4.69, 9.17) is 10.2 Å². The van der Waals surface area contributed by atoms with Gasteiger partial charge in [-0.05, 0) is 18.8 Å². The number of carboxylic acid groups (broad SMARTS) is 2. The van der Waals surface area contributed by atoms with Gasteiger partial charge in [0.1, 0.15) is 0 Å². The molecule has 110 valence electrons. The minimum atomic E-state index is -3.46. The second kappa shape index (κ2) is 7.06. The van der Waals surface area contributed by atoms with Crippen LogP contribution in [0.2, 0.25) is 0 Å². The van der Waals surface area contributed by atoms with Gasteiger partial charge in [-0.25, -0.2) is 0 Å². The Kier molecular flexibility index (Phi) is 6.01. The van der Waals surface area contributed by atoms with E-state index in [1.54, 1.807) is 0 Å². The first-order valence-corrected chi connectivity index (χ1v) is 8.47. The molecule has 0 aromatic heterocycles. The largest absolute Gasteiger partial charge is 0.481 e. The molecule has 0 saturated heterocycles. The number of aliphatic carboxylic acids is 2. The maximum Gasteiger partial charge on any atom is 0.303 e. The standard InChI is InChI=1S/C12H21O6P/c13-11(14)6-9(7-12(15)16)8-19(17,18)10-4-2-1-3-5-10/h9-10H,1-8H2,(H,13,14)(H,15,16)(H,17,18). The average Bonchev–Trinajstić information content (AvgIpc) is 2.27. The van der Waals surface area contributed by atoms with Gasteiger partial charge in [-0.15, -0.1) is 0 Å². The molecule has 0 radical (unpaired) electrons. The van der Waals surface area contributed by atoms with E-state index in [0.717, 1.165) is 19.3 Å². The molecule has 1 aliphatic carbocycles. The smallest absolute Gasteiger partial charge is 0.303 e. The molecule has 7 heteroatoms. The van der Waals surface area contributed by atoms with Crippen LogP contribution in [0.25, 0.3) is 0 Å². The zero-order chi connectivity index (χ0) is 14.5. The Balaban J connectivity index is 2.66. The third-order valence-electron chi connectivity index (χ3n) is 3.59. The molecule has 19 heavy (non-hydrogen) atoms. The van der Waals surface area contributed by atoms with Crippen molar-refractivity contribution in [1.82, 2.24) is 0 Å². The molecule has 0 amide bonds. The van der Waals surface area contributed by atoms with E-state index in [9.17, 15) is 19.0 Å². The van der Waals surface area contributed by atoms with E-state index in [0.29, 0.717) is 12.8 Å². The average molecular weight is 292 g/mol. The van der Waals surface area contributed by atoms with E-state index in [1.807, 2.05) is 0 Å². The molecule has 1 unspecified atom stereocenters. The fourth-order valence-corrected chi connectivity index (χ4v) is 5.17. The van der Waals surface area contributed by atoms with Crippen molar-refractivity contribution >= 4 is 19.3 Å². The van der Waals surface area contributed by atoms with Crippen LogP contribution in [0.4, 0.5) is 0 Å². The van der Waals surface area contributed by atoms with Crippen LogP contribution in [0.3, 0.4) is 0 Å². The highest BCUT2D eigenvalue weighted by atomic mass is 31.2. The molecule has 0 spiro atoms. The van der Waals surface area contributed by atoms with Crippen molar-refractivity contribution in [3.8, 4) is 0 Å². The second-order valence-electron chi connectivity index (χ2n) is 5.29. The summed E-state index contributed by atoms with van der Waals surface area (Å²) in [5.74, 6) is -3.03. The molecule has 1 atom stereocenters. The molecule has 0 aromatic rings. The highest BCUT2D eigenvalue weighted by Gasteiger charge is 2.35. The fourth-order valence-electron chi connectivity index (χ4n) is 2.70. The zero-order valence-corrected chi connectivity index (χ0v) is 11.7. The van der Waals surface area contributed by atoms with Crippen LogP contribution in [0, 0.1) is 5.92 Å². The quantitative estimate of drug-likeness (QED) is 0.620.